The second kappa shape index (κ2) is 5.53. The summed E-state index contributed by atoms with van der Waals surface area (Å²) in [5, 5.41) is 3.20. The molecule has 1 aromatic rings. The Morgan fingerprint density at radius 1 is 1.33 bits per heavy atom. The second-order valence-electron chi connectivity index (χ2n) is 5.07. The van der Waals surface area contributed by atoms with Crippen LogP contribution in [0.25, 0.3) is 0 Å². The van der Waals surface area contributed by atoms with E-state index >= 15 is 0 Å². The number of benzene rings is 1. The highest BCUT2D eigenvalue weighted by atomic mass is 16.5. The van der Waals surface area contributed by atoms with E-state index in [9.17, 15) is 4.79 Å². The molecule has 0 atom stereocenters. The lowest BCUT2D eigenvalue weighted by molar-refractivity contribution is 0.0880. The van der Waals surface area contributed by atoms with Gasteiger partial charge in [0.15, 0.2) is 5.78 Å². The van der Waals surface area contributed by atoms with Gasteiger partial charge in [-0.25, -0.2) is 0 Å². The van der Waals surface area contributed by atoms with Gasteiger partial charge in [-0.15, -0.1) is 0 Å². The monoisotopic (exact) mass is 249 g/mol. The van der Waals surface area contributed by atoms with Gasteiger partial charge in [-0.3, -0.25) is 4.79 Å². The van der Waals surface area contributed by atoms with Crippen molar-refractivity contribution in [2.75, 3.05) is 13.7 Å². The van der Waals surface area contributed by atoms with Gasteiger partial charge in [0.2, 0.25) is 0 Å². The quantitative estimate of drug-likeness (QED) is 0.815. The third-order valence-electron chi connectivity index (χ3n) is 3.31. The Hall–Kier alpha value is -1.35. The molecule has 1 aromatic carbocycles. The number of ketones is 1. The Balaban J connectivity index is 3.26. The van der Waals surface area contributed by atoms with Gasteiger partial charge >= 0.3 is 0 Å². The number of likely N-dealkylation sites (N-methyl/N-ethyl adjacent to an activating group) is 1. The van der Waals surface area contributed by atoms with Crippen LogP contribution in [-0.4, -0.2) is 25.0 Å². The molecule has 0 saturated carbocycles. The number of hydrogen-bond donors (Lipinski definition) is 1. The van der Waals surface area contributed by atoms with E-state index in [0.29, 0.717) is 11.3 Å². The van der Waals surface area contributed by atoms with E-state index in [4.69, 9.17) is 4.74 Å². The highest BCUT2D eigenvalue weighted by molar-refractivity contribution is 6.05. The molecule has 0 aliphatic heterocycles. The zero-order valence-electron chi connectivity index (χ0n) is 12.2. The Bertz CT molecular complexity index is 450. The van der Waals surface area contributed by atoms with Crippen LogP contribution >= 0.6 is 0 Å². The normalized spacial score (nSPS) is 11.4. The van der Waals surface area contributed by atoms with Crippen molar-refractivity contribution in [2.24, 2.45) is 0 Å². The van der Waals surface area contributed by atoms with Gasteiger partial charge < -0.3 is 10.1 Å². The van der Waals surface area contributed by atoms with E-state index in [0.717, 1.165) is 17.7 Å². The van der Waals surface area contributed by atoms with Crippen LogP contribution in [0.1, 0.15) is 42.3 Å². The fourth-order valence-electron chi connectivity index (χ4n) is 2.09. The summed E-state index contributed by atoms with van der Waals surface area (Å²) in [5.41, 5.74) is 2.22. The molecule has 0 bridgehead atoms. The molecule has 0 aromatic heterocycles. The number of ether oxygens (including phenoxy) is 1. The fraction of sp³-hybridized carbons (Fsp3) is 0.533. The highest BCUT2D eigenvalue weighted by Gasteiger charge is 2.30. The maximum Gasteiger partial charge on any atom is 0.186 e. The van der Waals surface area contributed by atoms with E-state index in [-0.39, 0.29) is 5.78 Å². The van der Waals surface area contributed by atoms with Crippen molar-refractivity contribution < 1.29 is 9.53 Å². The van der Waals surface area contributed by atoms with Gasteiger partial charge in [0.1, 0.15) is 5.75 Å². The van der Waals surface area contributed by atoms with Crippen molar-refractivity contribution in [1.29, 1.82) is 0 Å². The van der Waals surface area contributed by atoms with Crippen LogP contribution in [-0.2, 0) is 0 Å². The molecule has 0 fully saturated rings. The minimum atomic E-state index is -0.580. The van der Waals surface area contributed by atoms with Gasteiger partial charge in [-0.05, 0) is 51.4 Å². The number of carbonyl (C=O) groups excluding carboxylic acids is 1. The van der Waals surface area contributed by atoms with Crippen LogP contribution in [0.2, 0.25) is 0 Å². The molecule has 3 nitrogen and oxygen atoms in total. The van der Waals surface area contributed by atoms with Crippen molar-refractivity contribution >= 4 is 5.78 Å². The first-order chi connectivity index (χ1) is 8.35. The second-order valence-corrected chi connectivity index (χ2v) is 5.07. The Labute approximate surface area is 110 Å². The van der Waals surface area contributed by atoms with E-state index < -0.39 is 5.54 Å². The SMILES string of the molecule is CCNC(C)(C)C(=O)c1ccc(C)c(C)c1OC. The average Bonchev–Trinajstić information content (AvgIpc) is 2.31. The molecule has 18 heavy (non-hydrogen) atoms. The molecule has 1 N–H and O–H groups in total. The zero-order chi connectivity index (χ0) is 13.9. The van der Waals surface area contributed by atoms with Gasteiger partial charge in [0, 0.05) is 0 Å². The Morgan fingerprint density at radius 2 is 1.94 bits per heavy atom. The minimum absolute atomic E-state index is 0.0595. The number of Topliss-reactive ketones (excluding diaryl/α,β-unsaturated/α-hetero) is 1. The molecule has 3 heteroatoms. The third-order valence-corrected chi connectivity index (χ3v) is 3.31. The summed E-state index contributed by atoms with van der Waals surface area (Å²) in [5.74, 6) is 0.746. The first-order valence-electron chi connectivity index (χ1n) is 6.29. The maximum atomic E-state index is 12.6. The lowest BCUT2D eigenvalue weighted by Gasteiger charge is -2.25. The summed E-state index contributed by atoms with van der Waals surface area (Å²) >= 11 is 0. The molecule has 0 unspecified atom stereocenters. The molecule has 0 radical (unpaired) electrons. The summed E-state index contributed by atoms with van der Waals surface area (Å²) in [4.78, 5) is 12.6. The van der Waals surface area contributed by atoms with Gasteiger partial charge in [0.25, 0.3) is 0 Å². The van der Waals surface area contributed by atoms with Gasteiger partial charge in [-0.2, -0.15) is 0 Å². The van der Waals surface area contributed by atoms with Crippen LogP contribution in [0, 0.1) is 13.8 Å². The summed E-state index contributed by atoms with van der Waals surface area (Å²) < 4.78 is 5.40. The number of carbonyl (C=O) groups is 1. The van der Waals surface area contributed by atoms with Crippen molar-refractivity contribution in [1.82, 2.24) is 5.32 Å². The number of hydrogen-bond acceptors (Lipinski definition) is 3. The van der Waals surface area contributed by atoms with E-state index in [1.54, 1.807) is 7.11 Å². The van der Waals surface area contributed by atoms with Crippen LogP contribution in [0.15, 0.2) is 12.1 Å². The van der Waals surface area contributed by atoms with Crippen molar-refractivity contribution in [3.05, 3.63) is 28.8 Å². The van der Waals surface area contributed by atoms with Crippen molar-refractivity contribution in [3.63, 3.8) is 0 Å². The standard InChI is InChI=1S/C15H23NO2/c1-7-16-15(4,5)14(17)12-9-8-10(2)11(3)13(12)18-6/h8-9,16H,7H2,1-6H3. The first-order valence-corrected chi connectivity index (χ1v) is 6.29. The largest absolute Gasteiger partial charge is 0.496 e. The summed E-state index contributed by atoms with van der Waals surface area (Å²) in [6.07, 6.45) is 0. The smallest absolute Gasteiger partial charge is 0.186 e. The summed E-state index contributed by atoms with van der Waals surface area (Å²) in [7, 11) is 1.61. The van der Waals surface area contributed by atoms with E-state index in [1.165, 1.54) is 0 Å². The van der Waals surface area contributed by atoms with Crippen LogP contribution < -0.4 is 10.1 Å². The topological polar surface area (TPSA) is 38.3 Å². The molecule has 0 spiro atoms. The van der Waals surface area contributed by atoms with Crippen LogP contribution in [0.3, 0.4) is 0 Å². The summed E-state index contributed by atoms with van der Waals surface area (Å²) in [6.45, 7) is 10.5. The fourth-order valence-corrected chi connectivity index (χ4v) is 2.09. The molecular weight excluding hydrogens is 226 g/mol. The molecule has 0 aliphatic rings. The maximum absolute atomic E-state index is 12.6. The number of aryl methyl sites for hydroxylation is 1. The number of nitrogens with one attached hydrogen (secondary N) is 1. The highest BCUT2D eigenvalue weighted by Crippen LogP contribution is 2.29. The van der Waals surface area contributed by atoms with Crippen LogP contribution in [0.4, 0.5) is 0 Å². The van der Waals surface area contributed by atoms with Gasteiger partial charge in [-0.1, -0.05) is 13.0 Å². The minimum Gasteiger partial charge on any atom is -0.496 e. The predicted octanol–water partition coefficient (Wildman–Crippen LogP) is 2.88. The predicted molar refractivity (Wildman–Crippen MR) is 74.6 cm³/mol. The van der Waals surface area contributed by atoms with Crippen molar-refractivity contribution in [3.8, 4) is 5.75 Å². The first kappa shape index (κ1) is 14.7. The number of methoxy groups -OCH3 is 1. The zero-order valence-corrected chi connectivity index (χ0v) is 12.2. The van der Waals surface area contributed by atoms with E-state index in [1.807, 2.05) is 46.8 Å². The van der Waals surface area contributed by atoms with E-state index in [2.05, 4.69) is 5.32 Å². The lowest BCUT2D eigenvalue weighted by Crippen LogP contribution is -2.46. The average molecular weight is 249 g/mol. The van der Waals surface area contributed by atoms with Crippen molar-refractivity contribution in [2.45, 2.75) is 40.2 Å². The van der Waals surface area contributed by atoms with Gasteiger partial charge in [0.05, 0.1) is 18.2 Å². The molecule has 0 saturated heterocycles. The molecule has 0 amide bonds. The molecule has 1 rings (SSSR count). The van der Waals surface area contributed by atoms with Crippen LogP contribution in [0.5, 0.6) is 5.75 Å². The number of rotatable bonds is 5. The Morgan fingerprint density at radius 3 is 2.44 bits per heavy atom. The molecule has 100 valence electrons. The molecule has 0 aliphatic carbocycles. The third kappa shape index (κ3) is 2.72. The Kier molecular flexibility index (Phi) is 4.52. The molecular formula is C15H23NO2. The molecule has 0 heterocycles. The summed E-state index contributed by atoms with van der Waals surface area (Å²) in [6, 6.07) is 3.82. The lowest BCUT2D eigenvalue weighted by atomic mass is 9.90.